The van der Waals surface area contributed by atoms with E-state index < -0.39 is 5.60 Å². The minimum atomic E-state index is -0.656. The molecule has 2 aromatic rings. The van der Waals surface area contributed by atoms with Gasteiger partial charge in [-0.3, -0.25) is 4.79 Å². The van der Waals surface area contributed by atoms with E-state index in [1.807, 2.05) is 36.4 Å². The average Bonchev–Trinajstić information content (AvgIpc) is 3.15. The number of carbonyl (C=O) groups is 1. The maximum Gasteiger partial charge on any atom is 0.303 e. The lowest BCUT2D eigenvalue weighted by molar-refractivity contribution is -0.166. The summed E-state index contributed by atoms with van der Waals surface area (Å²) in [6.07, 6.45) is 3.21. The van der Waals surface area contributed by atoms with Gasteiger partial charge < -0.3 is 9.64 Å². The molecular formula is C23H29NO2. The van der Waals surface area contributed by atoms with Gasteiger partial charge >= 0.3 is 5.97 Å². The van der Waals surface area contributed by atoms with Gasteiger partial charge in [-0.15, -0.1) is 0 Å². The molecule has 0 N–H and O–H groups in total. The van der Waals surface area contributed by atoms with E-state index >= 15 is 0 Å². The van der Waals surface area contributed by atoms with Crippen LogP contribution in [-0.2, 0) is 21.6 Å². The molecule has 26 heavy (non-hydrogen) atoms. The molecule has 3 nitrogen and oxygen atoms in total. The van der Waals surface area contributed by atoms with Gasteiger partial charge in [-0.25, -0.2) is 0 Å². The molecule has 3 rings (SSSR count). The largest absolute Gasteiger partial charge is 0.454 e. The van der Waals surface area contributed by atoms with Crippen molar-refractivity contribution in [3.8, 4) is 0 Å². The molecule has 2 atom stereocenters. The van der Waals surface area contributed by atoms with Crippen LogP contribution in [0.25, 0.3) is 0 Å². The van der Waals surface area contributed by atoms with Gasteiger partial charge in [0.25, 0.3) is 0 Å². The molecule has 1 saturated heterocycles. The topological polar surface area (TPSA) is 29.5 Å². The molecule has 0 unspecified atom stereocenters. The van der Waals surface area contributed by atoms with Crippen LogP contribution in [0.5, 0.6) is 0 Å². The van der Waals surface area contributed by atoms with Gasteiger partial charge in [0, 0.05) is 25.8 Å². The predicted molar refractivity (Wildman–Crippen MR) is 105 cm³/mol. The number of hydrogen-bond donors (Lipinski definition) is 0. The zero-order chi connectivity index (χ0) is 18.4. The summed E-state index contributed by atoms with van der Waals surface area (Å²) < 4.78 is 6.13. The van der Waals surface area contributed by atoms with Crippen molar-refractivity contribution >= 4 is 5.97 Å². The van der Waals surface area contributed by atoms with E-state index in [4.69, 9.17) is 4.74 Å². The third-order valence-corrected chi connectivity index (χ3v) is 5.42. The molecule has 0 saturated carbocycles. The summed E-state index contributed by atoms with van der Waals surface area (Å²) in [7, 11) is 0. The Morgan fingerprint density at radius 2 is 1.62 bits per heavy atom. The van der Waals surface area contributed by atoms with Crippen molar-refractivity contribution in [2.24, 2.45) is 5.92 Å². The average molecular weight is 351 g/mol. The molecule has 138 valence electrons. The quantitative estimate of drug-likeness (QED) is 0.692. The Bertz CT molecular complexity index is 695. The fourth-order valence-corrected chi connectivity index (χ4v) is 4.13. The first-order chi connectivity index (χ1) is 12.6. The molecule has 0 amide bonds. The van der Waals surface area contributed by atoms with E-state index in [0.717, 1.165) is 25.2 Å². The summed E-state index contributed by atoms with van der Waals surface area (Å²) in [4.78, 5) is 14.6. The second-order valence-electron chi connectivity index (χ2n) is 7.42. The zero-order valence-corrected chi connectivity index (χ0v) is 15.9. The van der Waals surface area contributed by atoms with Crippen LogP contribution >= 0.6 is 0 Å². The number of hydrogen-bond acceptors (Lipinski definition) is 3. The van der Waals surface area contributed by atoms with Crippen LogP contribution in [0.15, 0.2) is 60.7 Å². The molecule has 1 aliphatic heterocycles. The van der Waals surface area contributed by atoms with Gasteiger partial charge in [-0.05, 0) is 37.1 Å². The van der Waals surface area contributed by atoms with Gasteiger partial charge in [0.2, 0.25) is 0 Å². The van der Waals surface area contributed by atoms with Crippen molar-refractivity contribution in [1.29, 1.82) is 0 Å². The van der Waals surface area contributed by atoms with Crippen LogP contribution in [0.3, 0.4) is 0 Å². The Morgan fingerprint density at radius 1 is 1.04 bits per heavy atom. The smallest absolute Gasteiger partial charge is 0.303 e. The summed E-state index contributed by atoms with van der Waals surface area (Å²) in [6.45, 7) is 6.96. The third kappa shape index (κ3) is 4.34. The second-order valence-corrected chi connectivity index (χ2v) is 7.42. The third-order valence-electron chi connectivity index (χ3n) is 5.42. The van der Waals surface area contributed by atoms with Gasteiger partial charge in [0.1, 0.15) is 5.60 Å². The van der Waals surface area contributed by atoms with Crippen LogP contribution in [0.1, 0.15) is 37.8 Å². The van der Waals surface area contributed by atoms with E-state index in [0.29, 0.717) is 6.42 Å². The minimum Gasteiger partial charge on any atom is -0.454 e. The summed E-state index contributed by atoms with van der Waals surface area (Å²) in [6, 6.07) is 20.6. The van der Waals surface area contributed by atoms with E-state index in [2.05, 4.69) is 36.1 Å². The van der Waals surface area contributed by atoms with E-state index in [1.54, 1.807) is 0 Å². The molecule has 0 aliphatic carbocycles. The Hall–Kier alpha value is -2.13. The van der Waals surface area contributed by atoms with Gasteiger partial charge in [-0.1, -0.05) is 67.6 Å². The van der Waals surface area contributed by atoms with Crippen LogP contribution in [0.4, 0.5) is 0 Å². The monoisotopic (exact) mass is 351 g/mol. The maximum absolute atomic E-state index is 12.1. The lowest BCUT2D eigenvalue weighted by Crippen LogP contribution is -2.45. The molecule has 0 aromatic heterocycles. The Morgan fingerprint density at radius 3 is 2.19 bits per heavy atom. The number of benzene rings is 2. The van der Waals surface area contributed by atoms with Crippen LogP contribution in [0, 0.1) is 5.92 Å². The van der Waals surface area contributed by atoms with Gasteiger partial charge in [0.05, 0.1) is 0 Å². The van der Waals surface area contributed by atoms with E-state index in [9.17, 15) is 4.79 Å². The van der Waals surface area contributed by atoms with Gasteiger partial charge in [0.15, 0.2) is 0 Å². The highest BCUT2D eigenvalue weighted by Gasteiger charge is 2.42. The highest BCUT2D eigenvalue weighted by atomic mass is 16.6. The molecule has 2 aromatic carbocycles. The normalized spacial score (nSPS) is 18.2. The predicted octanol–water partition coefficient (Wildman–Crippen LogP) is 4.42. The van der Waals surface area contributed by atoms with Crippen LogP contribution in [0.2, 0.25) is 0 Å². The fourth-order valence-electron chi connectivity index (χ4n) is 4.13. The minimum absolute atomic E-state index is 0.187. The molecular weight excluding hydrogens is 322 g/mol. The van der Waals surface area contributed by atoms with Crippen molar-refractivity contribution in [3.63, 3.8) is 0 Å². The van der Waals surface area contributed by atoms with Crippen LogP contribution < -0.4 is 0 Å². The lowest BCUT2D eigenvalue weighted by atomic mass is 9.77. The summed E-state index contributed by atoms with van der Waals surface area (Å²) in [5, 5.41) is 0. The molecule has 0 spiro atoms. The zero-order valence-electron chi connectivity index (χ0n) is 15.9. The fraction of sp³-hybridized carbons (Fsp3) is 0.435. The van der Waals surface area contributed by atoms with E-state index in [-0.39, 0.29) is 11.9 Å². The number of esters is 1. The van der Waals surface area contributed by atoms with Crippen molar-refractivity contribution in [2.45, 2.75) is 38.7 Å². The lowest BCUT2D eigenvalue weighted by Gasteiger charge is -2.40. The number of rotatable bonds is 7. The molecule has 1 heterocycles. The molecule has 1 fully saturated rings. The SMILES string of the molecule is CC(=O)O[C@](Cc1ccccc1)(c1ccccc1)[C@@H](C)CN1CCCC1. The van der Waals surface area contributed by atoms with Crippen molar-refractivity contribution < 1.29 is 9.53 Å². The highest BCUT2D eigenvalue weighted by molar-refractivity contribution is 5.67. The Balaban J connectivity index is 1.99. The Kier molecular flexibility index (Phi) is 6.10. The Labute approximate surface area is 157 Å². The second kappa shape index (κ2) is 8.50. The number of nitrogens with zero attached hydrogens (tertiary/aromatic N) is 1. The number of carbonyl (C=O) groups excluding carboxylic acids is 1. The molecule has 1 aliphatic rings. The molecule has 0 bridgehead atoms. The van der Waals surface area contributed by atoms with Crippen molar-refractivity contribution in [1.82, 2.24) is 4.90 Å². The van der Waals surface area contributed by atoms with Crippen molar-refractivity contribution in [3.05, 3.63) is 71.8 Å². The summed E-state index contributed by atoms with van der Waals surface area (Å²) in [5.74, 6) is -0.0369. The van der Waals surface area contributed by atoms with Crippen molar-refractivity contribution in [2.75, 3.05) is 19.6 Å². The standard InChI is InChI=1S/C23H29NO2/c1-19(18-24-15-9-10-16-24)23(26-20(2)25,22-13-7-4-8-14-22)17-21-11-5-3-6-12-21/h3-8,11-14,19H,9-10,15-18H2,1-2H3/t19-,23-/m0/s1. The van der Waals surface area contributed by atoms with E-state index in [1.165, 1.54) is 25.3 Å². The summed E-state index contributed by atoms with van der Waals surface area (Å²) >= 11 is 0. The first-order valence-corrected chi connectivity index (χ1v) is 9.61. The first kappa shape index (κ1) is 18.7. The summed E-state index contributed by atoms with van der Waals surface area (Å²) in [5.41, 5.74) is 1.61. The number of ether oxygens (including phenoxy) is 1. The maximum atomic E-state index is 12.1. The molecule has 0 radical (unpaired) electrons. The first-order valence-electron chi connectivity index (χ1n) is 9.61. The highest BCUT2D eigenvalue weighted by Crippen LogP contribution is 2.38. The van der Waals surface area contributed by atoms with Gasteiger partial charge in [-0.2, -0.15) is 0 Å². The molecule has 3 heteroatoms. The van der Waals surface area contributed by atoms with Crippen LogP contribution in [-0.4, -0.2) is 30.5 Å². The number of likely N-dealkylation sites (tertiary alicyclic amines) is 1.